The number of pyridine rings is 1. The Morgan fingerprint density at radius 2 is 1.74 bits per heavy atom. The van der Waals surface area contributed by atoms with E-state index in [0.29, 0.717) is 18.2 Å². The van der Waals surface area contributed by atoms with Gasteiger partial charge in [0.05, 0.1) is 11.6 Å². The van der Waals surface area contributed by atoms with E-state index in [1.807, 2.05) is 5.32 Å². The third-order valence-electron chi connectivity index (χ3n) is 3.98. The zero-order valence-corrected chi connectivity index (χ0v) is 14.9. The summed E-state index contributed by atoms with van der Waals surface area (Å²) in [7, 11) is 0. The number of carbonyl (C=O) groups is 1. The van der Waals surface area contributed by atoms with E-state index in [0.717, 1.165) is 18.2 Å². The van der Waals surface area contributed by atoms with Gasteiger partial charge in [-0.15, -0.1) is 0 Å². The summed E-state index contributed by atoms with van der Waals surface area (Å²) >= 11 is 0. The van der Waals surface area contributed by atoms with E-state index in [4.69, 9.17) is 5.26 Å². The summed E-state index contributed by atoms with van der Waals surface area (Å²) in [4.78, 5) is 15.8. The van der Waals surface area contributed by atoms with Gasteiger partial charge in [0.1, 0.15) is 16.9 Å². The molecule has 12 heteroatoms. The maximum absolute atomic E-state index is 14.0. The topological polar surface area (TPSA) is 75.0 Å². The molecule has 1 N–H and O–H groups in total. The van der Waals surface area contributed by atoms with Gasteiger partial charge in [0.2, 0.25) is 0 Å². The van der Waals surface area contributed by atoms with Crippen molar-refractivity contribution in [2.45, 2.75) is 12.8 Å². The summed E-state index contributed by atoms with van der Waals surface area (Å²) in [5.74, 6) is -4.45. The molecule has 160 valence electrons. The molecule has 1 aromatic heterocycles. The third-order valence-corrected chi connectivity index (χ3v) is 3.98. The van der Waals surface area contributed by atoms with Crippen molar-refractivity contribution >= 4 is 22.5 Å². The Morgan fingerprint density at radius 1 is 1.10 bits per heavy atom. The van der Waals surface area contributed by atoms with E-state index in [1.54, 1.807) is 0 Å². The van der Waals surface area contributed by atoms with Crippen LogP contribution in [-0.4, -0.2) is 17.5 Å². The van der Waals surface area contributed by atoms with E-state index in [1.165, 1.54) is 6.07 Å². The Bertz CT molecular complexity index is 1200. The van der Waals surface area contributed by atoms with Crippen LogP contribution < -0.4 is 10.1 Å². The van der Waals surface area contributed by atoms with Gasteiger partial charge < -0.3 is 10.1 Å². The number of rotatable bonds is 4. The molecule has 1 amide bonds. The average Bonchev–Trinajstić information content (AvgIpc) is 2.69. The van der Waals surface area contributed by atoms with Crippen molar-refractivity contribution < 1.29 is 40.3 Å². The number of halogens is 7. The molecule has 5 nitrogen and oxygen atoms in total. The zero-order valence-electron chi connectivity index (χ0n) is 14.9. The molecule has 0 spiro atoms. The fraction of sp³-hybridized carbons (Fsp3) is 0.105. The van der Waals surface area contributed by atoms with Gasteiger partial charge in [-0.3, -0.25) is 4.79 Å². The van der Waals surface area contributed by atoms with Gasteiger partial charge in [-0.25, -0.2) is 13.8 Å². The number of hydrogen-bond donors (Lipinski definition) is 1. The molecule has 3 rings (SSSR count). The van der Waals surface area contributed by atoms with Gasteiger partial charge in [-0.2, -0.15) is 27.2 Å². The first-order valence-electron chi connectivity index (χ1n) is 8.17. The van der Waals surface area contributed by atoms with Crippen LogP contribution in [0.5, 0.6) is 5.75 Å². The van der Waals surface area contributed by atoms with Crippen LogP contribution in [0.25, 0.3) is 10.9 Å². The first-order chi connectivity index (χ1) is 14.5. The predicted molar refractivity (Wildman–Crippen MR) is 92.4 cm³/mol. The molecule has 0 saturated heterocycles. The first kappa shape index (κ1) is 21.8. The molecule has 31 heavy (non-hydrogen) atoms. The summed E-state index contributed by atoms with van der Waals surface area (Å²) in [5.41, 5.74) is -3.81. The molecular formula is C19H8F7N3O2. The van der Waals surface area contributed by atoms with Gasteiger partial charge in [0.15, 0.2) is 17.4 Å². The van der Waals surface area contributed by atoms with Gasteiger partial charge in [0.25, 0.3) is 5.91 Å². The highest BCUT2D eigenvalue weighted by atomic mass is 19.4. The van der Waals surface area contributed by atoms with Crippen LogP contribution in [0.1, 0.15) is 21.6 Å². The number of amides is 1. The number of ether oxygens (including phenoxy) is 1. The second kappa shape index (κ2) is 8.10. The molecule has 0 unspecified atom stereocenters. The fourth-order valence-corrected chi connectivity index (χ4v) is 2.68. The number of aromatic nitrogens is 1. The number of fused-ring (bicyclic) bond motifs is 1. The number of nitriles is 1. The maximum Gasteiger partial charge on any atom is 0.433 e. The number of nitrogens with zero attached hydrogens (tertiary/aromatic N) is 2. The molecule has 3 aromatic rings. The first-order valence-corrected chi connectivity index (χ1v) is 8.17. The smallest absolute Gasteiger partial charge is 0.432 e. The number of nitrogens with one attached hydrogen (secondary N) is 1. The zero-order chi connectivity index (χ0) is 22.9. The Morgan fingerprint density at radius 3 is 2.29 bits per heavy atom. The summed E-state index contributed by atoms with van der Waals surface area (Å²) in [6, 6.07) is 5.84. The van der Waals surface area contributed by atoms with E-state index < -0.39 is 58.5 Å². The van der Waals surface area contributed by atoms with E-state index in [9.17, 15) is 35.5 Å². The van der Waals surface area contributed by atoms with Crippen molar-refractivity contribution in [2.24, 2.45) is 0 Å². The van der Waals surface area contributed by atoms with Crippen LogP contribution in [0.15, 0.2) is 36.4 Å². The van der Waals surface area contributed by atoms with Gasteiger partial charge in [-0.1, -0.05) is 0 Å². The summed E-state index contributed by atoms with van der Waals surface area (Å²) in [5, 5.41) is 10.3. The predicted octanol–water partition coefficient (Wildman–Crippen LogP) is 5.26. The highest BCUT2D eigenvalue weighted by Gasteiger charge is 2.33. The third kappa shape index (κ3) is 4.50. The molecule has 0 aliphatic carbocycles. The second-order valence-electron chi connectivity index (χ2n) is 5.96. The van der Waals surface area contributed by atoms with Crippen LogP contribution in [0, 0.1) is 23.0 Å². The molecule has 0 bridgehead atoms. The monoisotopic (exact) mass is 443 g/mol. The number of anilines is 1. The Labute approximate surface area is 168 Å². The Balaban J connectivity index is 2.10. The van der Waals surface area contributed by atoms with Gasteiger partial charge in [0, 0.05) is 10.9 Å². The van der Waals surface area contributed by atoms with Crippen molar-refractivity contribution in [3.8, 4) is 11.8 Å². The molecule has 0 radical (unpaired) electrons. The Hall–Kier alpha value is -3.88. The molecule has 1 heterocycles. The molecule has 0 atom stereocenters. The normalized spacial score (nSPS) is 11.5. The van der Waals surface area contributed by atoms with Crippen LogP contribution >= 0.6 is 0 Å². The molecule has 0 aliphatic heterocycles. The summed E-state index contributed by atoms with van der Waals surface area (Å²) in [6.45, 7) is -3.39. The van der Waals surface area contributed by atoms with E-state index in [2.05, 4.69) is 9.72 Å². The lowest BCUT2D eigenvalue weighted by Gasteiger charge is -2.14. The Kier molecular flexibility index (Phi) is 5.70. The molecule has 0 fully saturated rings. The quantitative estimate of drug-likeness (QED) is 0.559. The number of carbonyl (C=O) groups excluding carboxylic acids is 1. The lowest BCUT2D eigenvalue weighted by molar-refractivity contribution is -0.140. The van der Waals surface area contributed by atoms with Crippen LogP contribution in [0.2, 0.25) is 0 Å². The molecular weight excluding hydrogens is 435 g/mol. The van der Waals surface area contributed by atoms with Crippen molar-refractivity contribution in [3.63, 3.8) is 0 Å². The summed E-state index contributed by atoms with van der Waals surface area (Å²) in [6.07, 6.45) is -4.91. The van der Waals surface area contributed by atoms with Crippen LogP contribution in [-0.2, 0) is 6.18 Å². The van der Waals surface area contributed by atoms with Crippen molar-refractivity contribution in [1.82, 2.24) is 4.98 Å². The number of benzene rings is 2. The minimum Gasteiger partial charge on any atom is -0.432 e. The SMILES string of the molecule is N#Cc1cc(F)c(NC(=O)c2ccc(OC(F)F)c3nc(C(F)(F)F)ccc23)c(F)c1. The largest absolute Gasteiger partial charge is 0.433 e. The molecule has 0 saturated carbocycles. The van der Waals surface area contributed by atoms with Gasteiger partial charge >= 0.3 is 12.8 Å². The summed E-state index contributed by atoms with van der Waals surface area (Å²) < 4.78 is 96.4. The molecule has 2 aromatic carbocycles. The molecule has 0 aliphatic rings. The minimum absolute atomic E-state index is 0.335. The van der Waals surface area contributed by atoms with E-state index in [-0.39, 0.29) is 10.9 Å². The standard InChI is InChI=1S/C19H8F7N3O2/c20-11-5-8(7-27)6-12(21)16(11)29-17(30)10-1-3-13(31-18(22)23)15-9(10)2-4-14(28-15)19(24,25)26/h1-6,18H,(H,29,30). The van der Waals surface area contributed by atoms with Crippen molar-refractivity contribution in [2.75, 3.05) is 5.32 Å². The second-order valence-corrected chi connectivity index (χ2v) is 5.96. The van der Waals surface area contributed by atoms with Gasteiger partial charge in [-0.05, 0) is 36.4 Å². The highest BCUT2D eigenvalue weighted by molar-refractivity contribution is 6.13. The van der Waals surface area contributed by atoms with Crippen LogP contribution in [0.3, 0.4) is 0 Å². The van der Waals surface area contributed by atoms with Crippen molar-refractivity contribution in [1.29, 1.82) is 5.26 Å². The van der Waals surface area contributed by atoms with E-state index >= 15 is 0 Å². The number of alkyl halides is 5. The van der Waals surface area contributed by atoms with Crippen molar-refractivity contribution in [3.05, 3.63) is 64.9 Å². The maximum atomic E-state index is 14.0. The van der Waals surface area contributed by atoms with Crippen LogP contribution in [0.4, 0.5) is 36.4 Å². The average molecular weight is 443 g/mol. The minimum atomic E-state index is -4.91. The lowest BCUT2D eigenvalue weighted by atomic mass is 10.1. The lowest BCUT2D eigenvalue weighted by Crippen LogP contribution is -2.16. The fourth-order valence-electron chi connectivity index (χ4n) is 2.68. The number of hydrogen-bond acceptors (Lipinski definition) is 4. The highest BCUT2D eigenvalue weighted by Crippen LogP contribution is 2.34.